The van der Waals surface area contributed by atoms with Crippen LogP contribution in [0.25, 0.3) is 11.3 Å². The van der Waals surface area contributed by atoms with E-state index >= 15 is 0 Å². The van der Waals surface area contributed by atoms with Crippen LogP contribution in [0.1, 0.15) is 11.6 Å². The number of hydrogen-bond acceptors (Lipinski definition) is 7. The van der Waals surface area contributed by atoms with Gasteiger partial charge < -0.3 is 9.67 Å². The minimum absolute atomic E-state index is 0.0453. The Labute approximate surface area is 185 Å². The van der Waals surface area contributed by atoms with E-state index in [2.05, 4.69) is 25.3 Å². The highest BCUT2D eigenvalue weighted by Gasteiger charge is 2.16. The Kier molecular flexibility index (Phi) is 6.06. The van der Waals surface area contributed by atoms with Crippen molar-refractivity contribution in [2.75, 3.05) is 11.9 Å². The summed E-state index contributed by atoms with van der Waals surface area (Å²) >= 11 is 5.72. The van der Waals surface area contributed by atoms with E-state index in [1.807, 2.05) is 0 Å². The molecule has 3 N–H and O–H groups in total. The Bertz CT molecular complexity index is 1390. The highest BCUT2D eigenvalue weighted by atomic mass is 35.5. The lowest BCUT2D eigenvalue weighted by Crippen LogP contribution is -2.27. The van der Waals surface area contributed by atoms with E-state index in [1.165, 1.54) is 47.4 Å². The molecule has 1 aromatic carbocycles. The molecule has 0 bridgehead atoms. The number of aliphatic hydroxyl groups is 1. The molecule has 1 unspecified atom stereocenters. The normalized spacial score (nSPS) is 11.8. The first-order valence-corrected chi connectivity index (χ1v) is 9.76. The monoisotopic (exact) mass is 454 g/mol. The van der Waals surface area contributed by atoms with Crippen LogP contribution in [0.5, 0.6) is 0 Å². The van der Waals surface area contributed by atoms with Crippen molar-refractivity contribution in [2.24, 2.45) is 0 Å². The summed E-state index contributed by atoms with van der Waals surface area (Å²) in [7, 11) is 0. The number of aliphatic hydroxyl groups excluding tert-OH is 1. The summed E-state index contributed by atoms with van der Waals surface area (Å²) in [6, 6.07) is 9.21. The highest BCUT2D eigenvalue weighted by molar-refractivity contribution is 6.30. The summed E-state index contributed by atoms with van der Waals surface area (Å²) in [4.78, 5) is 39.1. The van der Waals surface area contributed by atoms with Crippen molar-refractivity contribution in [3.05, 3.63) is 98.2 Å². The van der Waals surface area contributed by atoms with Crippen LogP contribution in [0.2, 0.25) is 5.02 Å². The van der Waals surface area contributed by atoms with Gasteiger partial charge in [0.2, 0.25) is 11.9 Å². The lowest BCUT2D eigenvalue weighted by atomic mass is 10.1. The van der Waals surface area contributed by atoms with E-state index in [-0.39, 0.29) is 22.5 Å². The maximum absolute atomic E-state index is 13.8. The van der Waals surface area contributed by atoms with Gasteiger partial charge in [-0.3, -0.25) is 19.9 Å². The minimum atomic E-state index is -0.785. The average molecular weight is 455 g/mol. The number of rotatable bonds is 6. The zero-order valence-corrected chi connectivity index (χ0v) is 17.1. The molecule has 4 aromatic rings. The van der Waals surface area contributed by atoms with Crippen LogP contribution in [0.3, 0.4) is 0 Å². The number of aromatic amines is 1. The molecule has 0 amide bonds. The standard InChI is InChI=1S/C21H16ClFN6O3/c22-14-2-1-13(9-15(14)23)17(11-30)29-8-5-12(10-19(29)32)16-3-6-24-20(26-16)28-21-25-7-4-18(31)27-21/h1-10,17,30H,11H2,(H2,24,25,26,27,28,31). The molecule has 4 rings (SSSR count). The zero-order valence-electron chi connectivity index (χ0n) is 16.4. The van der Waals surface area contributed by atoms with Crippen LogP contribution in [-0.4, -0.2) is 36.2 Å². The van der Waals surface area contributed by atoms with Crippen molar-refractivity contribution in [3.63, 3.8) is 0 Å². The SMILES string of the molecule is O=c1ccnc(Nc2nccc(-c3ccn(C(CO)c4ccc(Cl)c(F)c4)c(=O)c3)n2)[nH]1. The van der Waals surface area contributed by atoms with E-state index in [0.717, 1.165) is 0 Å². The van der Waals surface area contributed by atoms with E-state index in [4.69, 9.17) is 11.6 Å². The molecule has 0 radical (unpaired) electrons. The first kappa shape index (κ1) is 21.3. The number of H-pyrrole nitrogens is 1. The van der Waals surface area contributed by atoms with Crippen molar-refractivity contribution >= 4 is 23.5 Å². The van der Waals surface area contributed by atoms with Crippen LogP contribution in [-0.2, 0) is 0 Å². The first-order chi connectivity index (χ1) is 15.4. The number of hydrogen-bond donors (Lipinski definition) is 3. The van der Waals surface area contributed by atoms with Crippen LogP contribution in [0.4, 0.5) is 16.3 Å². The second kappa shape index (κ2) is 9.08. The first-order valence-electron chi connectivity index (χ1n) is 9.38. The molecule has 0 saturated heterocycles. The predicted molar refractivity (Wildman–Crippen MR) is 117 cm³/mol. The lowest BCUT2D eigenvalue weighted by Gasteiger charge is -2.18. The third kappa shape index (κ3) is 4.56. The van der Waals surface area contributed by atoms with Gasteiger partial charge in [0.1, 0.15) is 5.82 Å². The Balaban J connectivity index is 1.63. The van der Waals surface area contributed by atoms with Crippen molar-refractivity contribution in [3.8, 4) is 11.3 Å². The van der Waals surface area contributed by atoms with Gasteiger partial charge in [0, 0.05) is 36.3 Å². The number of aromatic nitrogens is 5. The van der Waals surface area contributed by atoms with Gasteiger partial charge in [0.25, 0.3) is 11.1 Å². The van der Waals surface area contributed by atoms with Crippen LogP contribution < -0.4 is 16.4 Å². The van der Waals surface area contributed by atoms with Gasteiger partial charge in [-0.25, -0.2) is 19.3 Å². The van der Waals surface area contributed by atoms with Gasteiger partial charge in [0.15, 0.2) is 0 Å². The molecule has 0 saturated carbocycles. The summed E-state index contributed by atoms with van der Waals surface area (Å²) in [5.74, 6) is -0.292. The largest absolute Gasteiger partial charge is 0.394 e. The van der Waals surface area contributed by atoms with Gasteiger partial charge >= 0.3 is 0 Å². The van der Waals surface area contributed by atoms with Crippen LogP contribution in [0.15, 0.2) is 70.6 Å². The van der Waals surface area contributed by atoms with Gasteiger partial charge in [-0.05, 0) is 29.8 Å². The summed E-state index contributed by atoms with van der Waals surface area (Å²) in [6.45, 7) is -0.413. The zero-order chi connectivity index (χ0) is 22.7. The van der Waals surface area contributed by atoms with Gasteiger partial charge in [-0.15, -0.1) is 0 Å². The number of pyridine rings is 1. The van der Waals surface area contributed by atoms with Crippen molar-refractivity contribution < 1.29 is 9.50 Å². The maximum atomic E-state index is 13.8. The van der Waals surface area contributed by atoms with Crippen LogP contribution in [0, 0.1) is 5.82 Å². The molecule has 0 aliphatic carbocycles. The average Bonchev–Trinajstić information content (AvgIpc) is 2.78. The fourth-order valence-electron chi connectivity index (χ4n) is 3.10. The number of anilines is 2. The quantitative estimate of drug-likeness (QED) is 0.408. The molecule has 9 nitrogen and oxygen atoms in total. The van der Waals surface area contributed by atoms with Crippen molar-refractivity contribution in [1.82, 2.24) is 24.5 Å². The van der Waals surface area contributed by atoms with Crippen LogP contribution >= 0.6 is 11.6 Å². The van der Waals surface area contributed by atoms with E-state index < -0.39 is 24.0 Å². The predicted octanol–water partition coefficient (Wildman–Crippen LogP) is 2.51. The molecule has 162 valence electrons. The molecule has 0 aliphatic rings. The molecule has 0 aliphatic heterocycles. The fraction of sp³-hybridized carbons (Fsp3) is 0.0952. The molecule has 3 heterocycles. The van der Waals surface area contributed by atoms with Crippen molar-refractivity contribution in [1.29, 1.82) is 0 Å². The Hall–Kier alpha value is -3.89. The van der Waals surface area contributed by atoms with Gasteiger partial charge in [-0.2, -0.15) is 0 Å². The molecule has 0 fully saturated rings. The van der Waals surface area contributed by atoms with E-state index in [9.17, 15) is 19.1 Å². The number of nitrogens with one attached hydrogen (secondary N) is 2. The smallest absolute Gasteiger partial charge is 0.252 e. The Morgan fingerprint density at radius 2 is 1.94 bits per heavy atom. The summed E-state index contributed by atoms with van der Waals surface area (Å²) in [5, 5.41) is 12.6. The van der Waals surface area contributed by atoms with E-state index in [1.54, 1.807) is 18.2 Å². The molecular formula is C21H16ClFN6O3. The minimum Gasteiger partial charge on any atom is -0.394 e. The molecule has 0 spiro atoms. The summed E-state index contributed by atoms with van der Waals surface area (Å²) < 4.78 is 15.1. The Morgan fingerprint density at radius 3 is 2.66 bits per heavy atom. The summed E-state index contributed by atoms with van der Waals surface area (Å²) in [5.41, 5.74) is 0.607. The summed E-state index contributed by atoms with van der Waals surface area (Å²) in [6.07, 6.45) is 4.33. The molecule has 11 heteroatoms. The second-order valence-corrected chi connectivity index (χ2v) is 7.11. The number of halogens is 2. The van der Waals surface area contributed by atoms with E-state index in [0.29, 0.717) is 16.8 Å². The highest BCUT2D eigenvalue weighted by Crippen LogP contribution is 2.23. The molecule has 32 heavy (non-hydrogen) atoms. The van der Waals surface area contributed by atoms with Crippen molar-refractivity contribution in [2.45, 2.75) is 6.04 Å². The number of nitrogens with zero attached hydrogens (tertiary/aromatic N) is 4. The third-order valence-corrected chi connectivity index (χ3v) is 4.94. The maximum Gasteiger partial charge on any atom is 0.252 e. The molecule has 1 atom stereocenters. The topological polar surface area (TPSA) is 126 Å². The lowest BCUT2D eigenvalue weighted by molar-refractivity contribution is 0.247. The third-order valence-electron chi connectivity index (χ3n) is 4.64. The Morgan fingerprint density at radius 1 is 1.12 bits per heavy atom. The molecule has 3 aromatic heterocycles. The second-order valence-electron chi connectivity index (χ2n) is 6.71. The number of benzene rings is 1. The molecular weight excluding hydrogens is 439 g/mol. The fourth-order valence-corrected chi connectivity index (χ4v) is 3.22. The van der Waals surface area contributed by atoms with Gasteiger partial charge in [-0.1, -0.05) is 17.7 Å². The van der Waals surface area contributed by atoms with Gasteiger partial charge in [0.05, 0.1) is 23.4 Å².